The van der Waals surface area contributed by atoms with E-state index in [9.17, 15) is 0 Å². The molecule has 0 atom stereocenters. The Balaban J connectivity index is 1.60. The van der Waals surface area contributed by atoms with Crippen LogP contribution in [-0.4, -0.2) is 22.4 Å². The van der Waals surface area contributed by atoms with E-state index in [0.29, 0.717) is 11.4 Å². The van der Waals surface area contributed by atoms with Gasteiger partial charge < -0.3 is 21.4 Å². The summed E-state index contributed by atoms with van der Waals surface area (Å²) in [5.41, 5.74) is 17.0. The molecule has 0 aliphatic heterocycles. The number of nitrogens with two attached hydrogens (primary N) is 2. The van der Waals surface area contributed by atoms with Crippen molar-refractivity contribution in [3.05, 3.63) is 59.9 Å². The van der Waals surface area contributed by atoms with Crippen molar-refractivity contribution in [3.8, 4) is 0 Å². The molecule has 0 unspecified atom stereocenters. The zero-order valence-electron chi connectivity index (χ0n) is 12.8. The molecule has 2 heterocycles. The zero-order valence-corrected chi connectivity index (χ0v) is 12.8. The average Bonchev–Trinajstić information content (AvgIpc) is 3.10. The summed E-state index contributed by atoms with van der Waals surface area (Å²) in [6.07, 6.45) is 3.20. The summed E-state index contributed by atoms with van der Waals surface area (Å²) in [6.45, 7) is 0. The topological polar surface area (TPSA) is 108 Å². The number of rotatable bonds is 3. The van der Waals surface area contributed by atoms with Crippen molar-refractivity contribution in [2.24, 2.45) is 10.2 Å². The number of hydrogen-bond donors (Lipinski definition) is 4. The van der Waals surface area contributed by atoms with Crippen molar-refractivity contribution in [1.82, 2.24) is 9.97 Å². The number of benzene rings is 2. The van der Waals surface area contributed by atoms with E-state index in [1.807, 2.05) is 48.5 Å². The monoisotopic (exact) mass is 316 g/mol. The van der Waals surface area contributed by atoms with Crippen LogP contribution in [0.1, 0.15) is 11.4 Å². The molecule has 118 valence electrons. The van der Waals surface area contributed by atoms with Gasteiger partial charge >= 0.3 is 0 Å². The molecule has 24 heavy (non-hydrogen) atoms. The summed E-state index contributed by atoms with van der Waals surface area (Å²) in [7, 11) is 0. The second-order valence-corrected chi connectivity index (χ2v) is 5.49. The number of hydrogen-bond acceptors (Lipinski definition) is 4. The Bertz CT molecular complexity index is 995. The molecule has 0 amide bonds. The predicted octanol–water partition coefficient (Wildman–Crippen LogP) is 3.27. The normalized spacial score (nSPS) is 12.2. The Morgan fingerprint density at radius 3 is 1.50 bits per heavy atom. The lowest BCUT2D eigenvalue weighted by Crippen LogP contribution is -1.91. The van der Waals surface area contributed by atoms with Gasteiger partial charge in [-0.25, -0.2) is 0 Å². The minimum absolute atomic E-state index is 0.662. The molecule has 0 spiro atoms. The van der Waals surface area contributed by atoms with Crippen LogP contribution in [0.4, 0.5) is 11.4 Å². The van der Waals surface area contributed by atoms with Crippen LogP contribution in [0.3, 0.4) is 0 Å². The number of nitrogens with zero attached hydrogens (tertiary/aromatic N) is 2. The maximum absolute atomic E-state index is 6.11. The number of aromatic nitrogens is 2. The molecule has 6 heteroatoms. The van der Waals surface area contributed by atoms with Gasteiger partial charge in [0.1, 0.15) is 0 Å². The number of fused-ring (bicyclic) bond motifs is 2. The summed E-state index contributed by atoms with van der Waals surface area (Å²) >= 11 is 0. The van der Waals surface area contributed by atoms with E-state index in [4.69, 9.17) is 11.5 Å². The zero-order chi connectivity index (χ0) is 16.5. The van der Waals surface area contributed by atoms with Crippen LogP contribution in [-0.2, 0) is 0 Å². The Morgan fingerprint density at radius 1 is 0.667 bits per heavy atom. The average molecular weight is 316 g/mol. The summed E-state index contributed by atoms with van der Waals surface area (Å²) < 4.78 is 0. The highest BCUT2D eigenvalue weighted by Gasteiger charge is 2.06. The third-order valence-corrected chi connectivity index (χ3v) is 3.99. The van der Waals surface area contributed by atoms with Crippen LogP contribution in [0, 0.1) is 0 Å². The molecular weight excluding hydrogens is 300 g/mol. The number of para-hydroxylation sites is 2. The smallest absolute Gasteiger partial charge is 0.0829 e. The van der Waals surface area contributed by atoms with Gasteiger partial charge in [0.05, 0.1) is 35.2 Å². The first-order valence-electron chi connectivity index (χ1n) is 7.53. The fourth-order valence-electron chi connectivity index (χ4n) is 2.75. The van der Waals surface area contributed by atoms with Gasteiger partial charge in [0.25, 0.3) is 0 Å². The molecule has 0 radical (unpaired) electrons. The lowest BCUT2D eigenvalue weighted by molar-refractivity contribution is 1.25. The molecule has 6 N–H and O–H groups in total. The van der Waals surface area contributed by atoms with Gasteiger partial charge in [-0.15, -0.1) is 0 Å². The summed E-state index contributed by atoms with van der Waals surface area (Å²) in [5, 5.41) is 10.1. The minimum Gasteiger partial charge on any atom is -0.396 e. The van der Waals surface area contributed by atoms with Gasteiger partial charge in [-0.1, -0.05) is 36.4 Å². The number of nitrogen functional groups attached to an aromatic ring is 2. The first kappa shape index (κ1) is 14.1. The van der Waals surface area contributed by atoms with E-state index in [0.717, 1.165) is 33.2 Å². The van der Waals surface area contributed by atoms with Crippen molar-refractivity contribution in [3.63, 3.8) is 0 Å². The second-order valence-electron chi connectivity index (χ2n) is 5.49. The van der Waals surface area contributed by atoms with E-state index in [2.05, 4.69) is 20.2 Å². The fraction of sp³-hybridized carbons (Fsp3) is 0. The van der Waals surface area contributed by atoms with Gasteiger partial charge in [-0.3, -0.25) is 0 Å². The van der Waals surface area contributed by atoms with E-state index >= 15 is 0 Å². The van der Waals surface area contributed by atoms with Gasteiger partial charge in [0.15, 0.2) is 0 Å². The molecule has 0 fully saturated rings. The molecule has 0 aliphatic rings. The third-order valence-electron chi connectivity index (χ3n) is 3.99. The van der Waals surface area contributed by atoms with Gasteiger partial charge in [0, 0.05) is 21.8 Å². The second kappa shape index (κ2) is 5.58. The molecule has 0 aliphatic carbocycles. The predicted molar refractivity (Wildman–Crippen MR) is 101 cm³/mol. The van der Waals surface area contributed by atoms with Crippen LogP contribution in [0.15, 0.2) is 58.7 Å². The van der Waals surface area contributed by atoms with Crippen molar-refractivity contribution in [2.75, 3.05) is 11.5 Å². The van der Waals surface area contributed by atoms with Crippen molar-refractivity contribution < 1.29 is 0 Å². The fourth-order valence-corrected chi connectivity index (χ4v) is 2.75. The van der Waals surface area contributed by atoms with E-state index in [1.165, 1.54) is 0 Å². The maximum atomic E-state index is 6.11. The Hall–Kier alpha value is -3.54. The highest BCUT2D eigenvalue weighted by molar-refractivity contribution is 6.03. The maximum Gasteiger partial charge on any atom is 0.0829 e. The van der Waals surface area contributed by atoms with Crippen LogP contribution in [0.2, 0.25) is 0 Å². The molecule has 6 nitrogen and oxygen atoms in total. The van der Waals surface area contributed by atoms with E-state index in [1.54, 1.807) is 12.4 Å². The number of anilines is 2. The van der Waals surface area contributed by atoms with Crippen LogP contribution in [0.25, 0.3) is 21.8 Å². The Labute approximate surface area is 137 Å². The van der Waals surface area contributed by atoms with E-state index < -0.39 is 0 Å². The summed E-state index contributed by atoms with van der Waals surface area (Å²) in [6, 6.07) is 15.7. The first-order valence-corrected chi connectivity index (χ1v) is 7.53. The quantitative estimate of drug-likeness (QED) is 0.344. The lowest BCUT2D eigenvalue weighted by Gasteiger charge is -1.90. The Kier molecular flexibility index (Phi) is 3.28. The molecule has 2 aromatic heterocycles. The van der Waals surface area contributed by atoms with Crippen LogP contribution < -0.4 is 11.5 Å². The van der Waals surface area contributed by atoms with Gasteiger partial charge in [-0.2, -0.15) is 10.2 Å². The molecule has 0 bridgehead atoms. The molecule has 2 aromatic carbocycles. The highest BCUT2D eigenvalue weighted by atomic mass is 15.2. The van der Waals surface area contributed by atoms with Crippen molar-refractivity contribution in [2.45, 2.75) is 0 Å². The van der Waals surface area contributed by atoms with Crippen molar-refractivity contribution in [1.29, 1.82) is 0 Å². The molecule has 0 saturated heterocycles. The largest absolute Gasteiger partial charge is 0.396 e. The van der Waals surface area contributed by atoms with Crippen molar-refractivity contribution >= 4 is 45.6 Å². The minimum atomic E-state index is 0.662. The van der Waals surface area contributed by atoms with Gasteiger partial charge in [0.2, 0.25) is 0 Å². The number of H-pyrrole nitrogens is 2. The lowest BCUT2D eigenvalue weighted by atomic mass is 10.2. The van der Waals surface area contributed by atoms with Gasteiger partial charge in [-0.05, 0) is 12.1 Å². The summed E-state index contributed by atoms with van der Waals surface area (Å²) in [5.74, 6) is 0. The highest BCUT2D eigenvalue weighted by Crippen LogP contribution is 2.24. The number of aromatic amines is 2. The SMILES string of the molecule is Nc1c(/C=N/N=C/c2[nH]c3ccccc3c2N)[nH]c2ccccc12. The first-order chi connectivity index (χ1) is 11.7. The summed E-state index contributed by atoms with van der Waals surface area (Å²) in [4.78, 5) is 6.43. The molecule has 4 rings (SSSR count). The molecule has 4 aromatic rings. The Morgan fingerprint density at radius 2 is 1.08 bits per heavy atom. The molecular formula is C18H16N6. The third kappa shape index (κ3) is 2.30. The molecule has 0 saturated carbocycles. The van der Waals surface area contributed by atoms with E-state index in [-0.39, 0.29) is 0 Å². The number of nitrogens with one attached hydrogen (secondary N) is 2. The standard InChI is InChI=1S/C18H16N6/c19-17-11-5-1-3-7-13(11)23-15(17)9-21-22-10-16-18(20)12-6-2-4-8-14(12)24-16/h1-10,23-24H,19-20H2/b21-9+,22-10+. The van der Waals surface area contributed by atoms with Crippen LogP contribution in [0.5, 0.6) is 0 Å². The van der Waals surface area contributed by atoms with Crippen LogP contribution >= 0.6 is 0 Å².